The van der Waals surface area contributed by atoms with E-state index in [4.69, 9.17) is 4.52 Å². The first-order chi connectivity index (χ1) is 10.2. The third-order valence-electron chi connectivity index (χ3n) is 3.39. The molecule has 0 saturated carbocycles. The minimum absolute atomic E-state index is 0.00350. The molecule has 2 aromatic heterocycles. The molecule has 0 spiro atoms. The number of amides is 1. The lowest BCUT2D eigenvalue weighted by molar-refractivity contribution is 0.0903. The van der Waals surface area contributed by atoms with Gasteiger partial charge >= 0.3 is 0 Å². The van der Waals surface area contributed by atoms with Crippen LogP contribution in [-0.2, 0) is 0 Å². The molecule has 3 rings (SSSR count). The van der Waals surface area contributed by atoms with Gasteiger partial charge < -0.3 is 20.3 Å². The molecule has 1 aliphatic rings. The van der Waals surface area contributed by atoms with E-state index >= 15 is 0 Å². The van der Waals surface area contributed by atoms with Crippen LogP contribution < -0.4 is 10.6 Å². The highest BCUT2D eigenvalue weighted by Crippen LogP contribution is 2.21. The number of rotatable bonds is 5. The normalized spacial score (nSPS) is 19.6. The van der Waals surface area contributed by atoms with E-state index in [1.54, 1.807) is 0 Å². The first kappa shape index (κ1) is 14.2. The van der Waals surface area contributed by atoms with Crippen LogP contribution in [0.3, 0.4) is 0 Å². The molecule has 2 aromatic rings. The van der Waals surface area contributed by atoms with Gasteiger partial charge in [0.05, 0.1) is 12.1 Å². The van der Waals surface area contributed by atoms with Gasteiger partial charge in [-0.2, -0.15) is 16.3 Å². The number of aliphatic hydroxyl groups is 1. The summed E-state index contributed by atoms with van der Waals surface area (Å²) >= 11 is 1.50. The lowest BCUT2D eigenvalue weighted by Gasteiger charge is -2.08. The van der Waals surface area contributed by atoms with Gasteiger partial charge in [-0.05, 0) is 41.8 Å². The van der Waals surface area contributed by atoms with E-state index in [0.717, 1.165) is 24.9 Å². The zero-order chi connectivity index (χ0) is 14.7. The molecule has 21 heavy (non-hydrogen) atoms. The fourth-order valence-corrected chi connectivity index (χ4v) is 2.92. The van der Waals surface area contributed by atoms with Gasteiger partial charge in [0, 0.05) is 6.54 Å². The van der Waals surface area contributed by atoms with Crippen molar-refractivity contribution < 1.29 is 14.4 Å². The van der Waals surface area contributed by atoms with Gasteiger partial charge in [0.25, 0.3) is 11.7 Å². The Kier molecular flexibility index (Phi) is 4.28. The van der Waals surface area contributed by atoms with Gasteiger partial charge in [-0.15, -0.1) is 0 Å². The van der Waals surface area contributed by atoms with Gasteiger partial charge in [-0.25, -0.2) is 0 Å². The minimum atomic E-state index is -0.733. The van der Waals surface area contributed by atoms with Crippen LogP contribution in [0, 0.1) is 0 Å². The van der Waals surface area contributed by atoms with Crippen molar-refractivity contribution in [3.8, 4) is 0 Å². The van der Waals surface area contributed by atoms with Crippen LogP contribution in [0.15, 0.2) is 21.3 Å². The Balaban J connectivity index is 1.55. The molecule has 2 atom stereocenters. The first-order valence-corrected chi connectivity index (χ1v) is 7.73. The van der Waals surface area contributed by atoms with Gasteiger partial charge in [0.2, 0.25) is 5.89 Å². The molecule has 1 fully saturated rings. The van der Waals surface area contributed by atoms with Gasteiger partial charge in [0.15, 0.2) is 0 Å². The second-order valence-corrected chi connectivity index (χ2v) is 5.67. The fourth-order valence-electron chi connectivity index (χ4n) is 2.22. The maximum Gasteiger partial charge on any atom is 0.292 e. The minimum Gasteiger partial charge on any atom is -0.387 e. The van der Waals surface area contributed by atoms with Crippen LogP contribution in [-0.4, -0.2) is 34.2 Å². The Morgan fingerprint density at radius 3 is 3.29 bits per heavy atom. The number of aromatic nitrogens is 2. The number of carbonyl (C=O) groups excluding carboxylic acids is 1. The Bertz CT molecular complexity index is 592. The molecule has 3 N–H and O–H groups in total. The fraction of sp³-hybridized carbons (Fsp3) is 0.462. The van der Waals surface area contributed by atoms with Gasteiger partial charge in [-0.1, -0.05) is 5.16 Å². The molecule has 3 heterocycles. The summed E-state index contributed by atoms with van der Waals surface area (Å²) in [5.41, 5.74) is 0.782. The Hall–Kier alpha value is -1.77. The zero-order valence-electron chi connectivity index (χ0n) is 11.3. The number of hydrogen-bond donors (Lipinski definition) is 3. The number of hydrogen-bond acceptors (Lipinski definition) is 7. The van der Waals surface area contributed by atoms with E-state index in [0.29, 0.717) is 5.89 Å². The van der Waals surface area contributed by atoms with Crippen LogP contribution in [0.5, 0.6) is 0 Å². The summed E-state index contributed by atoms with van der Waals surface area (Å²) in [6.45, 7) is 1.03. The molecule has 2 unspecified atom stereocenters. The van der Waals surface area contributed by atoms with Crippen LogP contribution in [0.25, 0.3) is 0 Å². The highest BCUT2D eigenvalue weighted by molar-refractivity contribution is 7.07. The number of nitrogens with zero attached hydrogens (tertiary/aromatic N) is 2. The standard InChI is InChI=1S/C13H16N4O3S/c18-10(8-3-5-21-7-8)6-15-12(19)11-16-13(20-17-11)9-2-1-4-14-9/h3,5,7,9-10,14,18H,1-2,4,6H2,(H,15,19). The van der Waals surface area contributed by atoms with Crippen LogP contribution in [0.4, 0.5) is 0 Å². The number of carbonyl (C=O) groups is 1. The summed E-state index contributed by atoms with van der Waals surface area (Å²) in [4.78, 5) is 16.0. The SMILES string of the molecule is O=C(NCC(O)c1ccsc1)c1noc(C2CCCN2)n1. The third-order valence-corrected chi connectivity index (χ3v) is 4.09. The predicted molar refractivity (Wildman–Crippen MR) is 75.9 cm³/mol. The van der Waals surface area contributed by atoms with E-state index in [1.807, 2.05) is 16.8 Å². The van der Waals surface area contributed by atoms with Crippen molar-refractivity contribution >= 4 is 17.2 Å². The Morgan fingerprint density at radius 2 is 2.57 bits per heavy atom. The van der Waals surface area contributed by atoms with Crippen molar-refractivity contribution in [1.29, 1.82) is 0 Å². The summed E-state index contributed by atoms with van der Waals surface area (Å²) in [5, 5.41) is 23.1. The molecule has 0 aromatic carbocycles. The van der Waals surface area contributed by atoms with Gasteiger partial charge in [-0.3, -0.25) is 4.79 Å². The summed E-state index contributed by atoms with van der Waals surface area (Å²) in [5.74, 6) is -0.00970. The number of thiophene rings is 1. The highest BCUT2D eigenvalue weighted by atomic mass is 32.1. The van der Waals surface area contributed by atoms with Crippen LogP contribution in [0.1, 0.15) is 47.1 Å². The summed E-state index contributed by atoms with van der Waals surface area (Å²) < 4.78 is 5.10. The van der Waals surface area contributed by atoms with Crippen molar-refractivity contribution in [2.75, 3.05) is 13.1 Å². The van der Waals surface area contributed by atoms with E-state index in [2.05, 4.69) is 20.8 Å². The topological polar surface area (TPSA) is 100 Å². The van der Waals surface area contributed by atoms with Crippen LogP contribution in [0.2, 0.25) is 0 Å². The van der Waals surface area contributed by atoms with Crippen molar-refractivity contribution in [2.24, 2.45) is 0 Å². The largest absolute Gasteiger partial charge is 0.387 e. The van der Waals surface area contributed by atoms with Crippen molar-refractivity contribution in [3.63, 3.8) is 0 Å². The second-order valence-electron chi connectivity index (χ2n) is 4.89. The molecule has 0 radical (unpaired) electrons. The molecular formula is C13H16N4O3S. The van der Waals surface area contributed by atoms with E-state index in [-0.39, 0.29) is 18.4 Å². The van der Waals surface area contributed by atoms with Crippen molar-refractivity contribution in [1.82, 2.24) is 20.8 Å². The Morgan fingerprint density at radius 1 is 1.67 bits per heavy atom. The van der Waals surface area contributed by atoms with Gasteiger partial charge in [0.1, 0.15) is 0 Å². The average Bonchev–Trinajstić information content (AvgIpc) is 3.25. The van der Waals surface area contributed by atoms with E-state index in [1.165, 1.54) is 11.3 Å². The molecule has 8 heteroatoms. The summed E-state index contributed by atoms with van der Waals surface area (Å²) in [6, 6.07) is 1.86. The van der Waals surface area contributed by atoms with Crippen molar-refractivity contribution in [3.05, 3.63) is 34.1 Å². The summed E-state index contributed by atoms with van der Waals surface area (Å²) in [6.07, 6.45) is 1.25. The van der Waals surface area contributed by atoms with Crippen LogP contribution >= 0.6 is 11.3 Å². The van der Waals surface area contributed by atoms with E-state index < -0.39 is 12.0 Å². The maximum absolute atomic E-state index is 11.9. The maximum atomic E-state index is 11.9. The quantitative estimate of drug-likeness (QED) is 0.762. The Labute approximate surface area is 125 Å². The monoisotopic (exact) mass is 308 g/mol. The second kappa shape index (κ2) is 6.33. The molecule has 1 saturated heterocycles. The molecule has 7 nitrogen and oxygen atoms in total. The molecule has 1 amide bonds. The highest BCUT2D eigenvalue weighted by Gasteiger charge is 2.24. The first-order valence-electron chi connectivity index (χ1n) is 6.79. The lowest BCUT2D eigenvalue weighted by atomic mass is 10.2. The molecule has 0 aliphatic carbocycles. The smallest absolute Gasteiger partial charge is 0.292 e. The predicted octanol–water partition coefficient (Wildman–Crippen LogP) is 1.02. The average molecular weight is 308 g/mol. The van der Waals surface area contributed by atoms with Crippen molar-refractivity contribution in [2.45, 2.75) is 25.0 Å². The molecule has 112 valence electrons. The number of nitrogens with one attached hydrogen (secondary N) is 2. The number of aliphatic hydroxyl groups excluding tert-OH is 1. The third kappa shape index (κ3) is 3.29. The zero-order valence-corrected chi connectivity index (χ0v) is 12.1. The summed E-state index contributed by atoms with van der Waals surface area (Å²) in [7, 11) is 0. The molecular weight excluding hydrogens is 292 g/mol. The van der Waals surface area contributed by atoms with E-state index in [9.17, 15) is 9.90 Å². The molecule has 1 aliphatic heterocycles. The lowest BCUT2D eigenvalue weighted by Crippen LogP contribution is -2.29. The molecule has 0 bridgehead atoms.